The van der Waals surface area contributed by atoms with Crippen molar-refractivity contribution in [1.82, 2.24) is 24.3 Å². The van der Waals surface area contributed by atoms with Gasteiger partial charge >= 0.3 is 0 Å². The lowest BCUT2D eigenvalue weighted by Crippen LogP contribution is -2.47. The summed E-state index contributed by atoms with van der Waals surface area (Å²) in [7, 11) is 0. The number of aromatic hydroxyl groups is 1. The lowest BCUT2D eigenvalue weighted by molar-refractivity contribution is 0.469. The zero-order valence-corrected chi connectivity index (χ0v) is 19.2. The van der Waals surface area contributed by atoms with Gasteiger partial charge in [-0.2, -0.15) is 5.10 Å². The second-order valence-corrected chi connectivity index (χ2v) is 8.22. The third kappa shape index (κ3) is 3.91. The molecule has 0 aliphatic carbocycles. The molecule has 0 aliphatic rings. The molecule has 8 nitrogen and oxygen atoms in total. The number of hydrogen-bond acceptors (Lipinski definition) is 6. The fraction of sp³-hybridized carbons (Fsp3) is 0.250. The number of fused-ring (bicyclic) bond motifs is 1. The number of hydrogen-bond donors (Lipinski definition) is 2. The Morgan fingerprint density at radius 3 is 2.59 bits per heavy atom. The van der Waals surface area contributed by atoms with Gasteiger partial charge in [0.15, 0.2) is 5.65 Å². The van der Waals surface area contributed by atoms with Gasteiger partial charge in [-0.25, -0.2) is 23.4 Å². The van der Waals surface area contributed by atoms with Crippen molar-refractivity contribution in [2.45, 2.75) is 40.3 Å². The van der Waals surface area contributed by atoms with Gasteiger partial charge in [-0.1, -0.05) is 6.08 Å². The summed E-state index contributed by atoms with van der Waals surface area (Å²) in [4.78, 5) is 21.5. The molecule has 0 bridgehead atoms. The zero-order chi connectivity index (χ0) is 24.7. The number of nitrogen functional groups attached to an aromatic ring is 1. The van der Waals surface area contributed by atoms with E-state index in [-0.39, 0.29) is 35.1 Å². The fourth-order valence-electron chi connectivity index (χ4n) is 4.16. The molecule has 0 spiro atoms. The third-order valence-electron chi connectivity index (χ3n) is 5.55. The molecule has 0 saturated carbocycles. The molecule has 176 valence electrons. The van der Waals surface area contributed by atoms with Crippen molar-refractivity contribution in [2.24, 2.45) is 0 Å². The van der Waals surface area contributed by atoms with Crippen LogP contribution in [0.25, 0.3) is 34.2 Å². The number of phenols is 1. The molecule has 0 radical (unpaired) electrons. The molecule has 3 aromatic heterocycles. The Kier molecular flexibility index (Phi) is 5.90. The van der Waals surface area contributed by atoms with Crippen molar-refractivity contribution in [3.05, 3.63) is 62.9 Å². The number of phenolic OH excluding ortho intramolecular Hbond substituents is 1. The minimum atomic E-state index is -0.640. The van der Waals surface area contributed by atoms with E-state index < -0.39 is 17.2 Å². The number of aromatic nitrogens is 5. The fourth-order valence-corrected chi connectivity index (χ4v) is 4.16. The van der Waals surface area contributed by atoms with Crippen LogP contribution in [0, 0.1) is 5.82 Å². The summed E-state index contributed by atoms with van der Waals surface area (Å²) < 4.78 is 31.3. The van der Waals surface area contributed by atoms with Gasteiger partial charge in [-0.15, -0.1) is 0 Å². The van der Waals surface area contributed by atoms with Crippen LogP contribution in [-0.4, -0.2) is 29.4 Å². The number of benzene rings is 1. The van der Waals surface area contributed by atoms with Gasteiger partial charge < -0.3 is 15.4 Å². The number of halogens is 2. The predicted octanol–water partition coefficient (Wildman–Crippen LogP) is 2.61. The first-order valence-corrected chi connectivity index (χ1v) is 10.7. The van der Waals surface area contributed by atoms with E-state index in [2.05, 4.69) is 15.1 Å². The van der Waals surface area contributed by atoms with E-state index in [4.69, 9.17) is 5.73 Å². The predicted molar refractivity (Wildman–Crippen MR) is 127 cm³/mol. The number of pyridine rings is 1. The molecule has 0 unspecified atom stereocenters. The number of nitrogens with two attached hydrogens (primary N) is 1. The quantitative estimate of drug-likeness (QED) is 0.478. The summed E-state index contributed by atoms with van der Waals surface area (Å²) in [6, 6.07) is 5.06. The molecule has 3 heterocycles. The van der Waals surface area contributed by atoms with E-state index in [1.807, 2.05) is 13.8 Å². The van der Waals surface area contributed by atoms with E-state index in [1.54, 1.807) is 19.1 Å². The summed E-state index contributed by atoms with van der Waals surface area (Å²) in [5.74, 6) is -1.33. The number of nitrogens with zero attached hydrogens (tertiary/aromatic N) is 5. The van der Waals surface area contributed by atoms with E-state index in [0.29, 0.717) is 27.5 Å². The van der Waals surface area contributed by atoms with Crippen LogP contribution >= 0.6 is 0 Å². The van der Waals surface area contributed by atoms with Crippen LogP contribution in [0.3, 0.4) is 0 Å². The first-order chi connectivity index (χ1) is 16.1. The maximum Gasteiger partial charge on any atom is 0.261 e. The second-order valence-electron chi connectivity index (χ2n) is 8.22. The average Bonchev–Trinajstić information content (AvgIpc) is 3.11. The summed E-state index contributed by atoms with van der Waals surface area (Å²) in [5, 5.41) is 15.4. The summed E-state index contributed by atoms with van der Waals surface area (Å²) in [6.07, 6.45) is 2.96. The van der Waals surface area contributed by atoms with Crippen molar-refractivity contribution in [3.8, 4) is 17.0 Å². The summed E-state index contributed by atoms with van der Waals surface area (Å²) >= 11 is 0. The van der Waals surface area contributed by atoms with Crippen molar-refractivity contribution in [2.75, 3.05) is 5.73 Å². The Balaban J connectivity index is 2.01. The van der Waals surface area contributed by atoms with Gasteiger partial charge in [0, 0.05) is 23.4 Å². The van der Waals surface area contributed by atoms with Gasteiger partial charge in [0.25, 0.3) is 5.56 Å². The molecule has 4 aromatic rings. The molecule has 4 rings (SSSR count). The maximum absolute atomic E-state index is 14.2. The van der Waals surface area contributed by atoms with E-state index in [9.17, 15) is 18.7 Å². The Bertz CT molecular complexity index is 1580. The normalized spacial score (nSPS) is 13.2. The Labute approximate surface area is 193 Å². The largest absolute Gasteiger partial charge is 0.508 e. The van der Waals surface area contributed by atoms with E-state index in [0.717, 1.165) is 6.07 Å². The highest BCUT2D eigenvalue weighted by Gasteiger charge is 2.20. The van der Waals surface area contributed by atoms with E-state index >= 15 is 0 Å². The summed E-state index contributed by atoms with van der Waals surface area (Å²) in [6.45, 7) is 6.76. The van der Waals surface area contributed by atoms with Crippen LogP contribution in [0.2, 0.25) is 0 Å². The molecule has 10 heteroatoms. The van der Waals surface area contributed by atoms with Crippen molar-refractivity contribution in [3.63, 3.8) is 0 Å². The van der Waals surface area contributed by atoms with Crippen molar-refractivity contribution >= 4 is 28.8 Å². The molecule has 0 amide bonds. The van der Waals surface area contributed by atoms with Crippen LogP contribution in [0.1, 0.15) is 39.4 Å². The third-order valence-corrected chi connectivity index (χ3v) is 5.55. The Hall–Kier alpha value is -4.08. The van der Waals surface area contributed by atoms with Gasteiger partial charge in [-0.3, -0.25) is 4.79 Å². The highest BCUT2D eigenvalue weighted by atomic mass is 19.1. The van der Waals surface area contributed by atoms with Crippen LogP contribution in [0.5, 0.6) is 5.75 Å². The first kappa shape index (κ1) is 23.1. The number of anilines is 1. The van der Waals surface area contributed by atoms with Gasteiger partial charge in [0.05, 0.1) is 17.1 Å². The molecular formula is C24H24F2N6O2. The molecule has 0 saturated heterocycles. The van der Waals surface area contributed by atoms with Crippen LogP contribution in [0.15, 0.2) is 35.4 Å². The van der Waals surface area contributed by atoms with Gasteiger partial charge in [-0.05, 0) is 51.1 Å². The van der Waals surface area contributed by atoms with Crippen molar-refractivity contribution in [1.29, 1.82) is 0 Å². The molecular weight excluding hydrogens is 442 g/mol. The monoisotopic (exact) mass is 466 g/mol. The van der Waals surface area contributed by atoms with Crippen LogP contribution < -0.4 is 21.7 Å². The average molecular weight is 466 g/mol. The highest BCUT2D eigenvalue weighted by molar-refractivity contribution is 5.98. The van der Waals surface area contributed by atoms with Crippen LogP contribution in [-0.2, 0) is 6.54 Å². The molecule has 3 N–H and O–H groups in total. The molecule has 0 aliphatic heterocycles. The molecule has 0 atom stereocenters. The van der Waals surface area contributed by atoms with E-state index in [1.165, 1.54) is 34.6 Å². The molecule has 0 fully saturated rings. The Morgan fingerprint density at radius 2 is 1.97 bits per heavy atom. The minimum Gasteiger partial charge on any atom is -0.508 e. The topological polar surface area (TPSA) is 112 Å². The molecule has 1 aromatic carbocycles. The molecule has 34 heavy (non-hydrogen) atoms. The van der Waals surface area contributed by atoms with Gasteiger partial charge in [0.2, 0.25) is 0 Å². The zero-order valence-electron chi connectivity index (χ0n) is 19.2. The Morgan fingerprint density at radius 1 is 1.24 bits per heavy atom. The minimum absolute atomic E-state index is 0.0211. The number of rotatable bonds is 4. The summed E-state index contributed by atoms with van der Waals surface area (Å²) in [5.41, 5.74) is 7.20. The smallest absolute Gasteiger partial charge is 0.261 e. The first-order valence-electron chi connectivity index (χ1n) is 10.7. The van der Waals surface area contributed by atoms with Crippen molar-refractivity contribution < 1.29 is 13.9 Å². The standard InChI is InChI=1S/C24H24F2N6O2/c1-5-14-7-17(32(12(2)3)24(34)19(14)13(4)25)10-31-23-20(22(27)28-11-29-23)21(30-31)15-6-16(26)9-18(33)8-15/h5-9,11-12,33H,10H2,1-4H3,(H2,27,28,29)/b14-5-,19-13-. The van der Waals surface area contributed by atoms with Gasteiger partial charge in [0.1, 0.15) is 35.2 Å². The SMILES string of the molecule is C/C=c1/cc(Cn2nc(-c3cc(O)cc(F)c3)c3c(N)ncnc32)n(C(C)C)c(=O)/c1=C(/C)F. The van der Waals surface area contributed by atoms with Crippen LogP contribution in [0.4, 0.5) is 14.6 Å². The highest BCUT2D eigenvalue weighted by Crippen LogP contribution is 2.32. The lowest BCUT2D eigenvalue weighted by atomic mass is 10.1. The second kappa shape index (κ2) is 8.69. The maximum atomic E-state index is 14.2. The lowest BCUT2D eigenvalue weighted by Gasteiger charge is -2.17.